The number of hydrogen-bond acceptors (Lipinski definition) is 12. The fraction of sp³-hybridized carbons (Fsp3) is 0.450. The fourth-order valence-corrected chi connectivity index (χ4v) is 7.19. The number of hydrogen-bond donors (Lipinski definition) is 0. The number of fused-ring (bicyclic) bond motifs is 8. The van der Waals surface area contributed by atoms with Crippen LogP contribution in [-0.2, 0) is 30.4 Å². The first-order valence-corrected chi connectivity index (χ1v) is 18.9. The predicted octanol–water partition coefficient (Wildman–Crippen LogP) is 8.57. The first kappa shape index (κ1) is 41.3. The van der Waals surface area contributed by atoms with Crippen LogP contribution in [0.3, 0.4) is 0 Å². The van der Waals surface area contributed by atoms with E-state index in [9.17, 15) is 40.5 Å². The number of ether oxygens (including phenoxy) is 4. The standard InChI is InChI=1S/C40H46N4O12/c1-5-9-53-37-25-13-27-19-34(42(47)48)21-29(38(27)54-10-6-2)15-31-23-36(44(51)52)24-32(40(31)56-12-8-4)16-30-22-35(43(49)50)20-28(39(30)55-11-7-3)14-26(37)18-33(17-25)41(45)46/h17-25,37H,5-16H2,1-4H3. The van der Waals surface area contributed by atoms with Crippen LogP contribution >= 0.6 is 0 Å². The van der Waals surface area contributed by atoms with Crippen LogP contribution in [-0.4, -0.2) is 52.2 Å². The minimum absolute atomic E-state index is 0.0234. The van der Waals surface area contributed by atoms with Crippen molar-refractivity contribution in [2.24, 2.45) is 5.92 Å². The molecule has 3 aromatic carbocycles. The van der Waals surface area contributed by atoms with Gasteiger partial charge in [-0.15, -0.1) is 0 Å². The molecular weight excluding hydrogens is 728 g/mol. The van der Waals surface area contributed by atoms with E-state index in [0.29, 0.717) is 81.9 Å². The fourth-order valence-electron chi connectivity index (χ4n) is 7.19. The zero-order valence-corrected chi connectivity index (χ0v) is 31.9. The molecule has 0 amide bonds. The van der Waals surface area contributed by atoms with Crippen LogP contribution in [0.5, 0.6) is 17.2 Å². The first-order valence-electron chi connectivity index (χ1n) is 18.9. The summed E-state index contributed by atoms with van der Waals surface area (Å²) in [6, 6.07) is 8.25. The van der Waals surface area contributed by atoms with Crippen LogP contribution in [0.2, 0.25) is 0 Å². The summed E-state index contributed by atoms with van der Waals surface area (Å²) in [7, 11) is 0. The van der Waals surface area contributed by atoms with E-state index in [4.69, 9.17) is 18.9 Å². The van der Waals surface area contributed by atoms with Crippen molar-refractivity contribution in [3.63, 3.8) is 0 Å². The second-order valence-electron chi connectivity index (χ2n) is 13.9. The van der Waals surface area contributed by atoms with E-state index in [1.165, 1.54) is 48.6 Å². The van der Waals surface area contributed by atoms with E-state index in [1.54, 1.807) is 0 Å². The van der Waals surface area contributed by atoms with E-state index in [0.717, 1.165) is 0 Å². The van der Waals surface area contributed by atoms with Gasteiger partial charge in [0.25, 0.3) is 22.8 Å². The Hall–Kier alpha value is -5.90. The van der Waals surface area contributed by atoms with Gasteiger partial charge >= 0.3 is 0 Å². The smallest absolute Gasteiger partial charge is 0.270 e. The molecule has 0 aromatic heterocycles. The lowest BCUT2D eigenvalue weighted by Gasteiger charge is -2.31. The van der Waals surface area contributed by atoms with Crippen LogP contribution in [0.15, 0.2) is 59.8 Å². The molecule has 0 spiro atoms. The maximum absolute atomic E-state index is 12.5. The van der Waals surface area contributed by atoms with Gasteiger partial charge in [-0.1, -0.05) is 27.7 Å². The number of nitrogens with zero attached hydrogens (tertiary/aromatic N) is 4. The van der Waals surface area contributed by atoms with Gasteiger partial charge in [-0.3, -0.25) is 40.5 Å². The number of benzene rings is 3. The minimum atomic E-state index is -0.764. The van der Waals surface area contributed by atoms with Gasteiger partial charge in [-0.25, -0.2) is 0 Å². The molecule has 56 heavy (non-hydrogen) atoms. The van der Waals surface area contributed by atoms with E-state index in [2.05, 4.69) is 0 Å². The Labute approximate surface area is 323 Å². The first-order chi connectivity index (χ1) is 26.9. The summed E-state index contributed by atoms with van der Waals surface area (Å²) in [5, 5.41) is 49.8. The summed E-state index contributed by atoms with van der Waals surface area (Å²) >= 11 is 0. The van der Waals surface area contributed by atoms with Crippen molar-refractivity contribution in [2.75, 3.05) is 26.4 Å². The molecule has 0 aliphatic heterocycles. The van der Waals surface area contributed by atoms with Crippen LogP contribution < -0.4 is 14.2 Å². The predicted molar refractivity (Wildman–Crippen MR) is 206 cm³/mol. The normalized spacial score (nSPS) is 16.3. The third-order valence-electron chi connectivity index (χ3n) is 9.46. The number of rotatable bonds is 16. The summed E-state index contributed by atoms with van der Waals surface area (Å²) in [6.45, 7) is 8.63. The van der Waals surface area contributed by atoms with Crippen molar-refractivity contribution in [3.8, 4) is 17.2 Å². The van der Waals surface area contributed by atoms with Gasteiger partial charge in [0.05, 0.1) is 45.6 Å². The molecule has 2 aliphatic rings. The van der Waals surface area contributed by atoms with Gasteiger partial charge in [0.2, 0.25) is 0 Å². The van der Waals surface area contributed by atoms with Crippen LogP contribution in [0.4, 0.5) is 17.1 Å². The van der Waals surface area contributed by atoms with Gasteiger partial charge in [0, 0.05) is 108 Å². The lowest BCUT2D eigenvalue weighted by molar-refractivity contribution is -0.420. The van der Waals surface area contributed by atoms with Crippen molar-refractivity contribution in [1.29, 1.82) is 0 Å². The molecule has 16 nitrogen and oxygen atoms in total. The van der Waals surface area contributed by atoms with Gasteiger partial charge in [-0.2, -0.15) is 0 Å². The Bertz CT molecular complexity index is 2060. The van der Waals surface area contributed by atoms with Crippen molar-refractivity contribution < 1.29 is 38.6 Å². The molecule has 0 heterocycles. The molecule has 8 bridgehead atoms. The van der Waals surface area contributed by atoms with E-state index < -0.39 is 31.7 Å². The highest BCUT2D eigenvalue weighted by Crippen LogP contribution is 2.43. The van der Waals surface area contributed by atoms with Gasteiger partial charge < -0.3 is 18.9 Å². The molecule has 0 N–H and O–H groups in total. The molecule has 0 radical (unpaired) electrons. The van der Waals surface area contributed by atoms with Gasteiger partial charge in [-0.05, 0) is 43.8 Å². The number of nitro groups is 4. The van der Waals surface area contributed by atoms with Crippen molar-refractivity contribution in [1.82, 2.24) is 0 Å². The molecule has 0 saturated carbocycles. The van der Waals surface area contributed by atoms with E-state index in [-0.39, 0.29) is 74.9 Å². The van der Waals surface area contributed by atoms with Crippen LogP contribution in [0.25, 0.3) is 0 Å². The molecule has 5 rings (SSSR count). The summed E-state index contributed by atoms with van der Waals surface area (Å²) in [5.74, 6) is 0.231. The number of allylic oxidation sites excluding steroid dienone is 1. The molecule has 3 aromatic rings. The number of non-ortho nitro benzene ring substituents is 3. The lowest BCUT2D eigenvalue weighted by Crippen LogP contribution is -2.32. The van der Waals surface area contributed by atoms with Crippen molar-refractivity contribution in [2.45, 2.75) is 85.2 Å². The van der Waals surface area contributed by atoms with Crippen molar-refractivity contribution >= 4 is 17.1 Å². The molecule has 0 saturated heterocycles. The lowest BCUT2D eigenvalue weighted by atomic mass is 9.81. The van der Waals surface area contributed by atoms with Gasteiger partial charge in [0.15, 0.2) is 0 Å². The molecule has 2 atom stereocenters. The average molecular weight is 775 g/mol. The summed E-state index contributed by atoms with van der Waals surface area (Å²) in [4.78, 5) is 47.7. The average Bonchev–Trinajstić information content (AvgIpc) is 3.15. The summed E-state index contributed by atoms with van der Waals surface area (Å²) < 4.78 is 25.4. The molecule has 16 heteroatoms. The molecular formula is C40H46N4O12. The summed E-state index contributed by atoms with van der Waals surface area (Å²) in [5.41, 5.74) is 1.67. The number of nitro benzene ring substituents is 3. The Balaban J connectivity index is 1.92. The van der Waals surface area contributed by atoms with Crippen molar-refractivity contribution in [3.05, 3.63) is 134 Å². The van der Waals surface area contributed by atoms with Crippen LogP contribution in [0.1, 0.15) is 86.8 Å². The Kier molecular flexibility index (Phi) is 13.7. The Morgan fingerprint density at radius 3 is 1.29 bits per heavy atom. The highest BCUT2D eigenvalue weighted by Gasteiger charge is 2.35. The second kappa shape index (κ2) is 18.6. The third kappa shape index (κ3) is 9.48. The summed E-state index contributed by atoms with van der Waals surface area (Å²) in [6.07, 6.45) is 4.34. The Morgan fingerprint density at radius 1 is 0.536 bits per heavy atom. The second-order valence-corrected chi connectivity index (χ2v) is 13.9. The zero-order chi connectivity index (χ0) is 40.5. The molecule has 0 fully saturated rings. The monoisotopic (exact) mass is 774 g/mol. The van der Waals surface area contributed by atoms with Gasteiger partial charge in [0.1, 0.15) is 17.2 Å². The third-order valence-corrected chi connectivity index (χ3v) is 9.46. The largest absolute Gasteiger partial charge is 0.493 e. The Morgan fingerprint density at radius 2 is 0.911 bits per heavy atom. The minimum Gasteiger partial charge on any atom is -0.493 e. The SMILES string of the molecule is CCCOc1c2cc([N+](=O)[O-])cc1Cc1cc([N+](=O)[O-])cc(c1OCCC)Cc1cc([N+](=O)[O-])cc(c1OCCC)CC1C=C([N+](=O)[O-])C=C(C2)C1OCCC. The zero-order valence-electron chi connectivity index (χ0n) is 31.9. The highest BCUT2D eigenvalue weighted by atomic mass is 16.6. The van der Waals surface area contributed by atoms with E-state index >= 15 is 0 Å². The van der Waals surface area contributed by atoms with Crippen LogP contribution in [0, 0.1) is 46.4 Å². The molecule has 298 valence electrons. The topological polar surface area (TPSA) is 209 Å². The van der Waals surface area contributed by atoms with E-state index in [1.807, 2.05) is 27.7 Å². The molecule has 2 aliphatic carbocycles. The maximum Gasteiger partial charge on any atom is 0.270 e. The molecule has 2 unspecified atom stereocenters. The highest BCUT2D eigenvalue weighted by molar-refractivity contribution is 5.60. The quantitative estimate of drug-likeness (QED) is 0.0990. The maximum atomic E-state index is 12.5.